The van der Waals surface area contributed by atoms with Gasteiger partial charge in [0.05, 0.1) is 17.3 Å². The van der Waals surface area contributed by atoms with Gasteiger partial charge in [-0.25, -0.2) is 0 Å². The molecule has 4 rings (SSSR count). The van der Waals surface area contributed by atoms with E-state index >= 15 is 0 Å². The highest BCUT2D eigenvalue weighted by Crippen LogP contribution is 2.75. The molecule has 0 radical (unpaired) electrons. The summed E-state index contributed by atoms with van der Waals surface area (Å²) in [4.78, 5) is 10.6. The van der Waals surface area contributed by atoms with Crippen LogP contribution in [0, 0.1) is 5.41 Å². The fraction of sp³-hybridized carbons (Fsp3) is 0.615. The van der Waals surface area contributed by atoms with Crippen molar-refractivity contribution in [2.75, 3.05) is 7.05 Å². The molecule has 1 atom stereocenters. The first kappa shape index (κ1) is 9.14. The van der Waals surface area contributed by atoms with Gasteiger partial charge in [-0.05, 0) is 37.8 Å². The van der Waals surface area contributed by atoms with E-state index in [1.54, 1.807) is 0 Å². The van der Waals surface area contributed by atoms with Crippen molar-refractivity contribution >= 4 is 0 Å². The van der Waals surface area contributed by atoms with Gasteiger partial charge in [-0.2, -0.15) is 5.06 Å². The van der Waals surface area contributed by atoms with Crippen LogP contribution in [0.2, 0.25) is 0 Å². The van der Waals surface area contributed by atoms with Gasteiger partial charge in [0, 0.05) is 18.7 Å². The maximum Gasteiger partial charge on any atom is 0.0977 e. The SMILES string of the molecule is CN1OC2(CC2)C2(CC2)C1c1ccccn1. The van der Waals surface area contributed by atoms with Crippen molar-refractivity contribution in [3.63, 3.8) is 0 Å². The second kappa shape index (κ2) is 2.66. The summed E-state index contributed by atoms with van der Waals surface area (Å²) in [5, 5.41) is 2.06. The predicted octanol–water partition coefficient (Wildman–Crippen LogP) is 2.31. The monoisotopic (exact) mass is 216 g/mol. The molecule has 3 nitrogen and oxygen atoms in total. The van der Waals surface area contributed by atoms with Crippen LogP contribution in [0.3, 0.4) is 0 Å². The summed E-state index contributed by atoms with van der Waals surface area (Å²) in [5.74, 6) is 0. The highest BCUT2D eigenvalue weighted by molar-refractivity contribution is 5.28. The largest absolute Gasteiger partial charge is 0.291 e. The average molecular weight is 216 g/mol. The van der Waals surface area contributed by atoms with E-state index in [1.165, 1.54) is 31.4 Å². The molecule has 2 saturated carbocycles. The van der Waals surface area contributed by atoms with E-state index in [0.717, 1.165) is 0 Å². The Morgan fingerprint density at radius 1 is 1.31 bits per heavy atom. The first-order chi connectivity index (χ1) is 7.78. The smallest absolute Gasteiger partial charge is 0.0977 e. The van der Waals surface area contributed by atoms with Crippen LogP contribution in [0.4, 0.5) is 0 Å². The number of hydrogen-bond acceptors (Lipinski definition) is 3. The second-order valence-electron chi connectivity index (χ2n) is 5.45. The molecule has 0 N–H and O–H groups in total. The summed E-state index contributed by atoms with van der Waals surface area (Å²) in [6, 6.07) is 6.55. The zero-order valence-corrected chi connectivity index (χ0v) is 9.52. The lowest BCUT2D eigenvalue weighted by atomic mass is 9.87. The van der Waals surface area contributed by atoms with E-state index in [1.807, 2.05) is 12.3 Å². The van der Waals surface area contributed by atoms with Crippen LogP contribution < -0.4 is 0 Å². The van der Waals surface area contributed by atoms with E-state index in [0.29, 0.717) is 11.5 Å². The van der Waals surface area contributed by atoms with Gasteiger partial charge in [-0.1, -0.05) is 6.07 Å². The van der Waals surface area contributed by atoms with Crippen molar-refractivity contribution in [1.82, 2.24) is 10.0 Å². The minimum Gasteiger partial charge on any atom is -0.291 e. The summed E-state index contributed by atoms with van der Waals surface area (Å²) >= 11 is 0. The molecule has 3 fully saturated rings. The summed E-state index contributed by atoms with van der Waals surface area (Å²) in [6.07, 6.45) is 6.97. The van der Waals surface area contributed by atoms with E-state index < -0.39 is 0 Å². The molecule has 0 aromatic carbocycles. The lowest BCUT2D eigenvalue weighted by Gasteiger charge is -2.21. The zero-order valence-electron chi connectivity index (χ0n) is 9.52. The van der Waals surface area contributed by atoms with E-state index in [-0.39, 0.29) is 5.60 Å². The fourth-order valence-electron chi connectivity index (χ4n) is 3.59. The Morgan fingerprint density at radius 2 is 2.12 bits per heavy atom. The van der Waals surface area contributed by atoms with Crippen molar-refractivity contribution in [2.24, 2.45) is 5.41 Å². The van der Waals surface area contributed by atoms with Gasteiger partial charge in [0.2, 0.25) is 0 Å². The summed E-state index contributed by atoms with van der Waals surface area (Å²) in [5.41, 5.74) is 1.74. The second-order valence-corrected chi connectivity index (χ2v) is 5.45. The molecule has 3 heteroatoms. The zero-order chi connectivity index (χ0) is 10.8. The third-order valence-corrected chi connectivity index (χ3v) is 4.57. The Balaban J connectivity index is 1.78. The highest BCUT2D eigenvalue weighted by atomic mass is 16.7. The Morgan fingerprint density at radius 3 is 2.69 bits per heavy atom. The summed E-state index contributed by atoms with van der Waals surface area (Å²) in [7, 11) is 2.06. The van der Waals surface area contributed by atoms with Gasteiger partial charge in [-0.15, -0.1) is 0 Å². The Hall–Kier alpha value is -0.930. The topological polar surface area (TPSA) is 25.4 Å². The van der Waals surface area contributed by atoms with Crippen LogP contribution in [-0.2, 0) is 4.84 Å². The molecule has 3 aliphatic rings. The minimum atomic E-state index is 0.184. The van der Waals surface area contributed by atoms with Gasteiger partial charge >= 0.3 is 0 Å². The lowest BCUT2D eigenvalue weighted by molar-refractivity contribution is -0.156. The number of pyridine rings is 1. The summed E-state index contributed by atoms with van der Waals surface area (Å²) < 4.78 is 0. The maximum absolute atomic E-state index is 6.10. The number of nitrogens with zero attached hydrogens (tertiary/aromatic N) is 2. The third-order valence-electron chi connectivity index (χ3n) is 4.57. The van der Waals surface area contributed by atoms with Gasteiger partial charge in [0.1, 0.15) is 0 Å². The molecule has 0 amide bonds. The number of fused-ring (bicyclic) bond motifs is 1. The lowest BCUT2D eigenvalue weighted by Crippen LogP contribution is -2.24. The molecule has 1 aromatic heterocycles. The Labute approximate surface area is 95.4 Å². The first-order valence-electron chi connectivity index (χ1n) is 6.10. The fourth-order valence-corrected chi connectivity index (χ4v) is 3.59. The maximum atomic E-state index is 6.10. The van der Waals surface area contributed by atoms with Crippen LogP contribution in [-0.4, -0.2) is 22.7 Å². The van der Waals surface area contributed by atoms with Crippen LogP contribution >= 0.6 is 0 Å². The van der Waals surface area contributed by atoms with Crippen molar-refractivity contribution < 1.29 is 4.84 Å². The van der Waals surface area contributed by atoms with E-state index in [2.05, 4.69) is 29.2 Å². The van der Waals surface area contributed by atoms with Gasteiger partial charge in [0.15, 0.2) is 0 Å². The minimum absolute atomic E-state index is 0.184. The standard InChI is InChI=1S/C13H16N2O/c1-15-11(10-4-2-3-9-14-10)12(5-6-12)13(16-15)7-8-13/h2-4,9,11H,5-8H2,1H3. The normalized spacial score (nSPS) is 33.4. The van der Waals surface area contributed by atoms with Gasteiger partial charge in [-0.3, -0.25) is 9.82 Å². The van der Waals surface area contributed by atoms with E-state index in [4.69, 9.17) is 4.84 Å². The van der Waals surface area contributed by atoms with Crippen LogP contribution in [0.25, 0.3) is 0 Å². The van der Waals surface area contributed by atoms with Crippen molar-refractivity contribution in [1.29, 1.82) is 0 Å². The molecule has 1 aliphatic heterocycles. The first-order valence-corrected chi connectivity index (χ1v) is 6.10. The van der Waals surface area contributed by atoms with Crippen LogP contribution in [0.1, 0.15) is 37.4 Å². The van der Waals surface area contributed by atoms with Crippen LogP contribution in [0.15, 0.2) is 24.4 Å². The Kier molecular flexibility index (Phi) is 1.52. The number of rotatable bonds is 1. The predicted molar refractivity (Wildman–Crippen MR) is 59.5 cm³/mol. The quantitative estimate of drug-likeness (QED) is 0.720. The van der Waals surface area contributed by atoms with E-state index in [9.17, 15) is 0 Å². The molecule has 0 bridgehead atoms. The van der Waals surface area contributed by atoms with Gasteiger partial charge < -0.3 is 0 Å². The molecular weight excluding hydrogens is 200 g/mol. The molecule has 2 aliphatic carbocycles. The van der Waals surface area contributed by atoms with Gasteiger partial charge in [0.25, 0.3) is 0 Å². The molecule has 2 spiro atoms. The third kappa shape index (κ3) is 0.937. The number of aromatic nitrogens is 1. The number of hydroxylamine groups is 2. The highest BCUT2D eigenvalue weighted by Gasteiger charge is 2.76. The van der Waals surface area contributed by atoms with Crippen molar-refractivity contribution in [3.05, 3.63) is 30.1 Å². The molecule has 1 aromatic rings. The molecule has 84 valence electrons. The van der Waals surface area contributed by atoms with Crippen LogP contribution in [0.5, 0.6) is 0 Å². The molecule has 16 heavy (non-hydrogen) atoms. The molecule has 1 unspecified atom stereocenters. The summed E-state index contributed by atoms with van der Waals surface area (Å²) in [6.45, 7) is 0. The molecule has 1 saturated heterocycles. The number of hydrogen-bond donors (Lipinski definition) is 0. The molecule has 2 heterocycles. The Bertz CT molecular complexity index is 423. The van der Waals surface area contributed by atoms with Crippen molar-refractivity contribution in [3.8, 4) is 0 Å². The molecular formula is C13H16N2O. The average Bonchev–Trinajstić information content (AvgIpc) is 3.13. The van der Waals surface area contributed by atoms with Crippen molar-refractivity contribution in [2.45, 2.75) is 37.3 Å².